The van der Waals surface area contributed by atoms with Gasteiger partial charge in [-0.2, -0.15) is 5.10 Å². The number of benzene rings is 2. The summed E-state index contributed by atoms with van der Waals surface area (Å²) >= 11 is 0. The average molecular weight is 300 g/mol. The molecule has 0 saturated carbocycles. The summed E-state index contributed by atoms with van der Waals surface area (Å²) in [5.41, 5.74) is 3.22. The zero-order chi connectivity index (χ0) is 15.7. The van der Waals surface area contributed by atoms with Crippen LogP contribution in [0.4, 0.5) is 8.78 Å². The van der Waals surface area contributed by atoms with Gasteiger partial charge in [-0.25, -0.2) is 13.5 Å². The number of hydrogen-bond donors (Lipinski definition) is 1. The number of nitrogens with zero attached hydrogens (tertiary/aromatic N) is 2. The van der Waals surface area contributed by atoms with E-state index in [1.807, 2.05) is 31.2 Å². The summed E-state index contributed by atoms with van der Waals surface area (Å²) in [7, 11) is 0. The molecular formula is C17H14F2N2O. The molecule has 0 radical (unpaired) electrons. The number of hydrogen-bond acceptors (Lipinski definition) is 2. The summed E-state index contributed by atoms with van der Waals surface area (Å²) in [4.78, 5) is 0. The van der Waals surface area contributed by atoms with Crippen LogP contribution in [0.15, 0.2) is 48.7 Å². The Morgan fingerprint density at radius 2 is 1.82 bits per heavy atom. The fraction of sp³-hybridized carbons (Fsp3) is 0.118. The molecule has 1 heterocycles. The minimum Gasteiger partial charge on any atom is -0.392 e. The lowest BCUT2D eigenvalue weighted by molar-refractivity contribution is 0.282. The predicted octanol–water partition coefficient (Wildman–Crippen LogP) is 3.62. The van der Waals surface area contributed by atoms with Crippen molar-refractivity contribution < 1.29 is 13.9 Å². The molecule has 2 aromatic carbocycles. The third-order valence-corrected chi connectivity index (χ3v) is 3.44. The van der Waals surface area contributed by atoms with E-state index in [1.165, 1.54) is 16.8 Å². The van der Waals surface area contributed by atoms with E-state index in [-0.39, 0.29) is 12.3 Å². The van der Waals surface area contributed by atoms with Gasteiger partial charge < -0.3 is 5.11 Å². The van der Waals surface area contributed by atoms with Gasteiger partial charge in [0.1, 0.15) is 11.5 Å². The molecule has 0 fully saturated rings. The van der Waals surface area contributed by atoms with E-state index >= 15 is 0 Å². The minimum atomic E-state index is -0.706. The average Bonchev–Trinajstić information content (AvgIpc) is 2.92. The van der Waals surface area contributed by atoms with Crippen LogP contribution in [0.25, 0.3) is 16.9 Å². The highest BCUT2D eigenvalue weighted by Crippen LogP contribution is 2.25. The first-order valence-electron chi connectivity index (χ1n) is 6.80. The Labute approximate surface area is 126 Å². The number of aliphatic hydroxyl groups is 1. The topological polar surface area (TPSA) is 38.0 Å². The molecule has 0 atom stereocenters. The molecule has 3 aromatic rings. The van der Waals surface area contributed by atoms with Gasteiger partial charge in [-0.05, 0) is 19.1 Å². The Balaban J connectivity index is 2.10. The first-order valence-corrected chi connectivity index (χ1v) is 6.80. The van der Waals surface area contributed by atoms with Crippen molar-refractivity contribution in [3.63, 3.8) is 0 Å². The number of aliphatic hydroxyl groups excluding tert-OH is 1. The molecule has 0 bridgehead atoms. The lowest BCUT2D eigenvalue weighted by atomic mass is 10.1. The van der Waals surface area contributed by atoms with Gasteiger partial charge in [-0.1, -0.05) is 29.8 Å². The van der Waals surface area contributed by atoms with Crippen LogP contribution in [0.3, 0.4) is 0 Å². The van der Waals surface area contributed by atoms with E-state index in [0.717, 1.165) is 17.2 Å². The third-order valence-electron chi connectivity index (χ3n) is 3.44. The molecule has 3 nitrogen and oxygen atoms in total. The van der Waals surface area contributed by atoms with Crippen molar-refractivity contribution >= 4 is 0 Å². The first kappa shape index (κ1) is 14.4. The maximum atomic E-state index is 13.9. The largest absolute Gasteiger partial charge is 0.392 e. The van der Waals surface area contributed by atoms with Crippen molar-refractivity contribution in [2.45, 2.75) is 13.5 Å². The Morgan fingerprint density at radius 3 is 2.45 bits per heavy atom. The zero-order valence-corrected chi connectivity index (χ0v) is 11.9. The molecule has 0 saturated heterocycles. The van der Waals surface area contributed by atoms with Crippen LogP contribution in [0.1, 0.15) is 11.1 Å². The van der Waals surface area contributed by atoms with E-state index in [0.29, 0.717) is 11.3 Å². The summed E-state index contributed by atoms with van der Waals surface area (Å²) in [6.45, 7) is 1.76. The Hall–Kier alpha value is -2.53. The molecule has 1 N–H and O–H groups in total. The van der Waals surface area contributed by atoms with Gasteiger partial charge in [0.05, 0.1) is 12.3 Å². The maximum Gasteiger partial charge on any atom is 0.151 e. The van der Waals surface area contributed by atoms with Crippen LogP contribution in [-0.4, -0.2) is 14.9 Å². The van der Waals surface area contributed by atoms with Crippen molar-refractivity contribution in [3.8, 4) is 16.9 Å². The molecule has 1 aromatic heterocycles. The van der Waals surface area contributed by atoms with Gasteiger partial charge in [-0.3, -0.25) is 0 Å². The SMILES string of the molecule is Cc1ccc(-c2nn(-c3ccc(F)cc3F)cc2CO)cc1. The smallest absolute Gasteiger partial charge is 0.151 e. The quantitative estimate of drug-likeness (QED) is 0.802. The number of aryl methyl sites for hydroxylation is 1. The maximum absolute atomic E-state index is 13.9. The summed E-state index contributed by atoms with van der Waals surface area (Å²) < 4.78 is 28.2. The van der Waals surface area contributed by atoms with Crippen molar-refractivity contribution in [2.24, 2.45) is 0 Å². The van der Waals surface area contributed by atoms with E-state index in [1.54, 1.807) is 6.20 Å². The highest BCUT2D eigenvalue weighted by molar-refractivity contribution is 5.63. The molecule has 0 aliphatic carbocycles. The Morgan fingerprint density at radius 1 is 1.09 bits per heavy atom. The second-order valence-corrected chi connectivity index (χ2v) is 5.07. The molecule has 0 amide bonds. The van der Waals surface area contributed by atoms with Gasteiger partial charge in [0.25, 0.3) is 0 Å². The molecule has 0 unspecified atom stereocenters. The molecule has 0 aliphatic rings. The van der Waals surface area contributed by atoms with Crippen LogP contribution in [0.5, 0.6) is 0 Å². The Bertz CT molecular complexity index is 810. The van der Waals surface area contributed by atoms with Gasteiger partial charge in [0, 0.05) is 23.4 Å². The number of rotatable bonds is 3. The second-order valence-electron chi connectivity index (χ2n) is 5.07. The summed E-state index contributed by atoms with van der Waals surface area (Å²) in [5, 5.41) is 13.8. The molecule has 5 heteroatoms. The number of aromatic nitrogens is 2. The summed E-state index contributed by atoms with van der Waals surface area (Å²) in [6, 6.07) is 11.0. The summed E-state index contributed by atoms with van der Waals surface area (Å²) in [6.07, 6.45) is 1.55. The Kier molecular flexibility index (Phi) is 3.73. The normalized spacial score (nSPS) is 10.9. The van der Waals surface area contributed by atoms with Crippen molar-refractivity contribution in [2.75, 3.05) is 0 Å². The van der Waals surface area contributed by atoms with E-state index < -0.39 is 11.6 Å². The van der Waals surface area contributed by atoms with Crippen LogP contribution in [0, 0.1) is 18.6 Å². The van der Waals surface area contributed by atoms with Gasteiger partial charge in [0.2, 0.25) is 0 Å². The van der Waals surface area contributed by atoms with Crippen LogP contribution >= 0.6 is 0 Å². The first-order chi connectivity index (χ1) is 10.6. The van der Waals surface area contributed by atoms with Crippen molar-refractivity contribution in [1.29, 1.82) is 0 Å². The fourth-order valence-electron chi connectivity index (χ4n) is 2.27. The molecule has 0 aliphatic heterocycles. The second kappa shape index (κ2) is 5.69. The highest BCUT2D eigenvalue weighted by Gasteiger charge is 2.14. The van der Waals surface area contributed by atoms with Crippen LogP contribution in [-0.2, 0) is 6.61 Å². The van der Waals surface area contributed by atoms with Crippen molar-refractivity contribution in [3.05, 3.63) is 71.4 Å². The summed E-state index contributed by atoms with van der Waals surface area (Å²) in [5.74, 6) is -1.35. The van der Waals surface area contributed by atoms with Crippen LogP contribution in [0.2, 0.25) is 0 Å². The monoisotopic (exact) mass is 300 g/mol. The van der Waals surface area contributed by atoms with Crippen molar-refractivity contribution in [1.82, 2.24) is 9.78 Å². The van der Waals surface area contributed by atoms with Gasteiger partial charge in [-0.15, -0.1) is 0 Å². The molecule has 0 spiro atoms. The fourth-order valence-corrected chi connectivity index (χ4v) is 2.27. The molecular weight excluding hydrogens is 286 g/mol. The van der Waals surface area contributed by atoms with Crippen LogP contribution < -0.4 is 0 Å². The minimum absolute atomic E-state index is 0.134. The standard InChI is InChI=1S/C17H14F2N2O/c1-11-2-4-12(5-3-11)17-13(10-22)9-21(20-17)16-7-6-14(18)8-15(16)19/h2-9,22H,10H2,1H3. The highest BCUT2D eigenvalue weighted by atomic mass is 19.1. The van der Waals surface area contributed by atoms with E-state index in [9.17, 15) is 13.9 Å². The van der Waals surface area contributed by atoms with E-state index in [4.69, 9.17) is 0 Å². The predicted molar refractivity (Wildman–Crippen MR) is 79.6 cm³/mol. The molecule has 22 heavy (non-hydrogen) atoms. The van der Waals surface area contributed by atoms with Gasteiger partial charge in [0.15, 0.2) is 5.82 Å². The van der Waals surface area contributed by atoms with Gasteiger partial charge >= 0.3 is 0 Å². The van der Waals surface area contributed by atoms with E-state index in [2.05, 4.69) is 5.10 Å². The third kappa shape index (κ3) is 2.63. The lowest BCUT2D eigenvalue weighted by Crippen LogP contribution is -1.99. The molecule has 3 rings (SSSR count). The number of halogens is 2. The zero-order valence-electron chi connectivity index (χ0n) is 11.9. The lowest BCUT2D eigenvalue weighted by Gasteiger charge is -2.03. The molecule has 112 valence electrons.